The second-order valence-electron chi connectivity index (χ2n) is 5.47. The first-order valence-corrected chi connectivity index (χ1v) is 10.2. The highest BCUT2D eigenvalue weighted by Crippen LogP contribution is 2.37. The monoisotopic (exact) mass is 423 g/mol. The van der Waals surface area contributed by atoms with Crippen LogP contribution in [0.25, 0.3) is 0 Å². The molecular formula is C14H19Br2NO2S. The van der Waals surface area contributed by atoms with Crippen LogP contribution in [0.3, 0.4) is 0 Å². The van der Waals surface area contributed by atoms with Gasteiger partial charge in [0, 0.05) is 16.3 Å². The molecular weight excluding hydrogens is 406 g/mol. The minimum atomic E-state index is -3.42. The predicted molar refractivity (Wildman–Crippen MR) is 88.6 cm³/mol. The third kappa shape index (κ3) is 4.06. The molecule has 0 aliphatic heterocycles. The highest BCUT2D eigenvalue weighted by molar-refractivity contribution is 9.10. The van der Waals surface area contributed by atoms with Crippen molar-refractivity contribution < 1.29 is 8.42 Å². The molecule has 1 aromatic carbocycles. The number of halogens is 2. The highest BCUT2D eigenvalue weighted by Gasteiger charge is 2.32. The van der Waals surface area contributed by atoms with E-state index in [0.717, 1.165) is 22.6 Å². The molecule has 1 N–H and O–H groups in total. The van der Waals surface area contributed by atoms with Crippen LogP contribution in [0.15, 0.2) is 33.6 Å². The Bertz CT molecular complexity index is 537. The SMILES string of the molecule is O=S(=O)(NCC1(CBr)CCCCC1)c1ccc(Br)cc1. The summed E-state index contributed by atoms with van der Waals surface area (Å²) in [5.41, 5.74) is 0.0701. The summed E-state index contributed by atoms with van der Waals surface area (Å²) in [7, 11) is -3.42. The lowest BCUT2D eigenvalue weighted by Crippen LogP contribution is -2.40. The summed E-state index contributed by atoms with van der Waals surface area (Å²) < 4.78 is 28.3. The number of sulfonamides is 1. The molecule has 0 radical (unpaired) electrons. The molecule has 0 aromatic heterocycles. The van der Waals surface area contributed by atoms with Crippen LogP contribution < -0.4 is 4.72 Å². The van der Waals surface area contributed by atoms with Gasteiger partial charge in [0.2, 0.25) is 10.0 Å². The van der Waals surface area contributed by atoms with Crippen molar-refractivity contribution in [1.82, 2.24) is 4.72 Å². The van der Waals surface area contributed by atoms with Gasteiger partial charge in [-0.15, -0.1) is 0 Å². The van der Waals surface area contributed by atoms with E-state index in [4.69, 9.17) is 0 Å². The van der Waals surface area contributed by atoms with Gasteiger partial charge in [-0.3, -0.25) is 0 Å². The minimum absolute atomic E-state index is 0.0701. The van der Waals surface area contributed by atoms with Crippen LogP contribution in [0.1, 0.15) is 32.1 Å². The smallest absolute Gasteiger partial charge is 0.211 e. The van der Waals surface area contributed by atoms with E-state index in [0.29, 0.717) is 11.4 Å². The highest BCUT2D eigenvalue weighted by atomic mass is 79.9. The Labute approximate surface area is 137 Å². The van der Waals surface area contributed by atoms with Gasteiger partial charge >= 0.3 is 0 Å². The fourth-order valence-corrected chi connectivity index (χ4v) is 4.79. The van der Waals surface area contributed by atoms with Crippen molar-refractivity contribution >= 4 is 41.9 Å². The van der Waals surface area contributed by atoms with Crippen molar-refractivity contribution in [3.63, 3.8) is 0 Å². The minimum Gasteiger partial charge on any atom is -0.211 e. The molecule has 0 amide bonds. The number of hydrogen-bond donors (Lipinski definition) is 1. The maximum absolute atomic E-state index is 12.3. The molecule has 20 heavy (non-hydrogen) atoms. The average Bonchev–Trinajstić information content (AvgIpc) is 2.47. The van der Waals surface area contributed by atoms with Gasteiger partial charge in [0.25, 0.3) is 0 Å². The van der Waals surface area contributed by atoms with Crippen molar-refractivity contribution in [3.05, 3.63) is 28.7 Å². The molecule has 1 fully saturated rings. The number of hydrogen-bond acceptors (Lipinski definition) is 2. The van der Waals surface area contributed by atoms with Gasteiger partial charge in [-0.2, -0.15) is 0 Å². The van der Waals surface area contributed by atoms with Gasteiger partial charge in [0.15, 0.2) is 0 Å². The molecule has 1 saturated carbocycles. The first-order chi connectivity index (χ1) is 9.47. The Balaban J connectivity index is 2.06. The Morgan fingerprint density at radius 3 is 2.25 bits per heavy atom. The largest absolute Gasteiger partial charge is 0.240 e. The Morgan fingerprint density at radius 2 is 1.70 bits per heavy atom. The van der Waals surface area contributed by atoms with E-state index >= 15 is 0 Å². The van der Waals surface area contributed by atoms with Gasteiger partial charge in [-0.25, -0.2) is 13.1 Å². The molecule has 3 nitrogen and oxygen atoms in total. The van der Waals surface area contributed by atoms with E-state index < -0.39 is 10.0 Å². The zero-order valence-corrected chi connectivity index (χ0v) is 15.2. The summed E-state index contributed by atoms with van der Waals surface area (Å²) in [6.45, 7) is 0.511. The molecule has 0 atom stereocenters. The lowest BCUT2D eigenvalue weighted by molar-refractivity contribution is 0.227. The normalized spacial score (nSPS) is 18.9. The van der Waals surface area contributed by atoms with Gasteiger partial charge in [-0.1, -0.05) is 51.1 Å². The number of nitrogens with one attached hydrogen (secondary N) is 1. The molecule has 1 aromatic rings. The number of alkyl halides is 1. The van der Waals surface area contributed by atoms with Crippen molar-refractivity contribution in [2.24, 2.45) is 5.41 Å². The topological polar surface area (TPSA) is 46.2 Å². The maximum atomic E-state index is 12.3. The van der Waals surface area contributed by atoms with Crippen molar-refractivity contribution in [3.8, 4) is 0 Å². The third-order valence-corrected chi connectivity index (χ3v) is 7.09. The summed E-state index contributed by atoms with van der Waals surface area (Å²) in [5, 5.41) is 0.850. The lowest BCUT2D eigenvalue weighted by atomic mass is 9.76. The van der Waals surface area contributed by atoms with Crippen molar-refractivity contribution in [2.75, 3.05) is 11.9 Å². The van der Waals surface area contributed by atoms with Gasteiger partial charge in [0.1, 0.15) is 0 Å². The molecule has 0 bridgehead atoms. The molecule has 2 rings (SSSR count). The Kier molecular flexibility index (Phi) is 5.68. The quantitative estimate of drug-likeness (QED) is 0.724. The average molecular weight is 425 g/mol. The maximum Gasteiger partial charge on any atom is 0.240 e. The first kappa shape index (κ1) is 16.5. The fourth-order valence-electron chi connectivity index (χ4n) is 2.60. The predicted octanol–water partition coefficient (Wildman–Crippen LogP) is 4.07. The van der Waals surface area contributed by atoms with Crippen molar-refractivity contribution in [1.29, 1.82) is 0 Å². The zero-order valence-electron chi connectivity index (χ0n) is 11.2. The van der Waals surface area contributed by atoms with E-state index in [1.807, 2.05) is 0 Å². The summed E-state index contributed by atoms with van der Waals surface area (Å²) in [4.78, 5) is 0.321. The molecule has 112 valence electrons. The van der Waals surface area contributed by atoms with Crippen LogP contribution in [0, 0.1) is 5.41 Å². The van der Waals surface area contributed by atoms with Gasteiger partial charge in [-0.05, 0) is 42.5 Å². The first-order valence-electron chi connectivity index (χ1n) is 6.79. The van der Waals surface area contributed by atoms with Gasteiger partial charge in [0.05, 0.1) is 4.90 Å². The van der Waals surface area contributed by atoms with E-state index in [-0.39, 0.29) is 5.41 Å². The number of benzene rings is 1. The van der Waals surface area contributed by atoms with Crippen LogP contribution in [0.5, 0.6) is 0 Å². The van der Waals surface area contributed by atoms with E-state index in [1.165, 1.54) is 19.3 Å². The standard InChI is InChI=1S/C14H19Br2NO2S/c15-10-14(8-2-1-3-9-14)11-17-20(18,19)13-6-4-12(16)5-7-13/h4-7,17H,1-3,8-11H2. The summed E-state index contributed by atoms with van der Waals surface area (Å²) in [6.07, 6.45) is 5.80. The molecule has 0 saturated heterocycles. The molecule has 0 unspecified atom stereocenters. The molecule has 1 aliphatic rings. The summed E-state index contributed by atoms with van der Waals surface area (Å²) in [5.74, 6) is 0. The van der Waals surface area contributed by atoms with Crippen LogP contribution in [0.4, 0.5) is 0 Å². The summed E-state index contributed by atoms with van der Waals surface area (Å²) in [6, 6.07) is 6.73. The van der Waals surface area contributed by atoms with Crippen LogP contribution in [-0.2, 0) is 10.0 Å². The second kappa shape index (κ2) is 6.90. The Morgan fingerprint density at radius 1 is 1.10 bits per heavy atom. The molecule has 0 heterocycles. The second-order valence-corrected chi connectivity index (χ2v) is 8.72. The van der Waals surface area contributed by atoms with Crippen molar-refractivity contribution in [2.45, 2.75) is 37.0 Å². The van der Waals surface area contributed by atoms with E-state index in [2.05, 4.69) is 36.6 Å². The third-order valence-electron chi connectivity index (χ3n) is 3.96. The fraction of sp³-hybridized carbons (Fsp3) is 0.571. The lowest BCUT2D eigenvalue weighted by Gasteiger charge is -2.35. The molecule has 6 heteroatoms. The van der Waals surface area contributed by atoms with Crippen LogP contribution in [0.2, 0.25) is 0 Å². The zero-order chi connectivity index (χ0) is 14.6. The summed E-state index contributed by atoms with van der Waals surface area (Å²) >= 11 is 6.87. The van der Waals surface area contributed by atoms with E-state index in [1.54, 1.807) is 24.3 Å². The van der Waals surface area contributed by atoms with Crippen LogP contribution >= 0.6 is 31.9 Å². The van der Waals surface area contributed by atoms with Crippen LogP contribution in [-0.4, -0.2) is 20.3 Å². The number of rotatable bonds is 5. The van der Waals surface area contributed by atoms with E-state index in [9.17, 15) is 8.42 Å². The van der Waals surface area contributed by atoms with Gasteiger partial charge < -0.3 is 0 Å². The molecule has 0 spiro atoms. The Hall–Kier alpha value is 0.0900. The molecule has 1 aliphatic carbocycles.